The number of ether oxygens (including phenoxy) is 2. The van der Waals surface area contributed by atoms with Gasteiger partial charge in [0.25, 0.3) is 5.91 Å². The number of hydrogen-bond acceptors (Lipinski definition) is 4. The Bertz CT molecular complexity index is 793. The zero-order valence-electron chi connectivity index (χ0n) is 13.2. The van der Waals surface area contributed by atoms with Crippen molar-refractivity contribution >= 4 is 29.2 Å². The largest absolute Gasteiger partial charge is 0.482 e. The first-order valence-electron chi connectivity index (χ1n) is 7.68. The maximum Gasteiger partial charge on any atom is 0.344 e. The van der Waals surface area contributed by atoms with Crippen LogP contribution in [-0.4, -0.2) is 25.1 Å². The normalized spacial score (nSPS) is 14.2. The van der Waals surface area contributed by atoms with Crippen molar-refractivity contribution in [1.82, 2.24) is 0 Å². The van der Waals surface area contributed by atoms with Gasteiger partial charge in [0.1, 0.15) is 5.75 Å². The Balaban J connectivity index is 1.72. The molecule has 2 aromatic rings. The van der Waals surface area contributed by atoms with E-state index in [1.54, 1.807) is 19.1 Å². The third-order valence-electron chi connectivity index (χ3n) is 3.56. The predicted octanol–water partition coefficient (Wildman–Crippen LogP) is 3.12. The van der Waals surface area contributed by atoms with Crippen LogP contribution in [0.5, 0.6) is 5.75 Å². The SMILES string of the molecule is CCOC(=O)COc1ccc(/C=C2\C(=O)Nc3ccccc32)cc1. The van der Waals surface area contributed by atoms with E-state index in [0.717, 1.165) is 16.8 Å². The highest BCUT2D eigenvalue weighted by Gasteiger charge is 2.23. The number of anilines is 1. The molecule has 24 heavy (non-hydrogen) atoms. The number of amides is 1. The van der Waals surface area contributed by atoms with Gasteiger partial charge < -0.3 is 14.8 Å². The molecule has 3 rings (SSSR count). The molecule has 0 saturated carbocycles. The molecule has 0 radical (unpaired) electrons. The fourth-order valence-corrected chi connectivity index (χ4v) is 2.45. The van der Waals surface area contributed by atoms with Crippen LogP contribution < -0.4 is 10.1 Å². The molecule has 122 valence electrons. The Morgan fingerprint density at radius 2 is 1.88 bits per heavy atom. The van der Waals surface area contributed by atoms with Crippen LogP contribution in [0.4, 0.5) is 5.69 Å². The summed E-state index contributed by atoms with van der Waals surface area (Å²) in [4.78, 5) is 23.4. The van der Waals surface area contributed by atoms with Crippen molar-refractivity contribution in [2.45, 2.75) is 6.92 Å². The number of esters is 1. The molecule has 0 bridgehead atoms. The quantitative estimate of drug-likeness (QED) is 0.678. The third kappa shape index (κ3) is 3.46. The van der Waals surface area contributed by atoms with Gasteiger partial charge in [-0.2, -0.15) is 0 Å². The summed E-state index contributed by atoms with van der Waals surface area (Å²) in [6, 6.07) is 14.8. The lowest BCUT2D eigenvalue weighted by Crippen LogP contribution is -2.14. The lowest BCUT2D eigenvalue weighted by Gasteiger charge is -2.06. The summed E-state index contributed by atoms with van der Waals surface area (Å²) in [5, 5.41) is 2.84. The van der Waals surface area contributed by atoms with Crippen LogP contribution in [0.3, 0.4) is 0 Å². The minimum atomic E-state index is -0.400. The topological polar surface area (TPSA) is 64.6 Å². The van der Waals surface area contributed by atoms with Crippen LogP contribution in [-0.2, 0) is 14.3 Å². The first-order chi connectivity index (χ1) is 11.7. The fraction of sp³-hybridized carbons (Fsp3) is 0.158. The van der Waals surface area contributed by atoms with Crippen molar-refractivity contribution in [2.24, 2.45) is 0 Å². The van der Waals surface area contributed by atoms with Gasteiger partial charge in [0, 0.05) is 16.8 Å². The molecular formula is C19H17NO4. The van der Waals surface area contributed by atoms with Gasteiger partial charge in [0.05, 0.1) is 6.61 Å². The summed E-state index contributed by atoms with van der Waals surface area (Å²) in [5.74, 6) is 0.0586. The highest BCUT2D eigenvalue weighted by atomic mass is 16.6. The van der Waals surface area contributed by atoms with E-state index in [0.29, 0.717) is 17.9 Å². The Kier molecular flexibility index (Phi) is 4.61. The average molecular weight is 323 g/mol. The number of carbonyl (C=O) groups excluding carboxylic acids is 2. The molecule has 0 spiro atoms. The minimum Gasteiger partial charge on any atom is -0.482 e. The Labute approximate surface area is 139 Å². The van der Waals surface area contributed by atoms with Crippen molar-refractivity contribution in [3.8, 4) is 5.75 Å². The third-order valence-corrected chi connectivity index (χ3v) is 3.56. The summed E-state index contributed by atoms with van der Waals surface area (Å²) in [6.45, 7) is 1.96. The molecule has 0 aliphatic carbocycles. The molecule has 0 fully saturated rings. The maximum absolute atomic E-state index is 12.1. The number of hydrogen-bond donors (Lipinski definition) is 1. The second-order valence-electron chi connectivity index (χ2n) is 5.22. The molecule has 2 aromatic carbocycles. The highest BCUT2D eigenvalue weighted by molar-refractivity contribution is 6.34. The number of carbonyl (C=O) groups is 2. The number of para-hydroxylation sites is 1. The van der Waals surface area contributed by atoms with Gasteiger partial charge in [-0.25, -0.2) is 4.79 Å². The zero-order chi connectivity index (χ0) is 16.9. The molecule has 0 atom stereocenters. The molecule has 1 amide bonds. The van der Waals surface area contributed by atoms with Gasteiger partial charge in [0.2, 0.25) is 0 Å². The van der Waals surface area contributed by atoms with Crippen molar-refractivity contribution in [3.05, 3.63) is 59.7 Å². The van der Waals surface area contributed by atoms with Crippen LogP contribution >= 0.6 is 0 Å². The molecule has 5 nitrogen and oxygen atoms in total. The lowest BCUT2D eigenvalue weighted by molar-refractivity contribution is -0.145. The molecule has 0 unspecified atom stereocenters. The zero-order valence-corrected chi connectivity index (χ0v) is 13.2. The minimum absolute atomic E-state index is 0.112. The first-order valence-corrected chi connectivity index (χ1v) is 7.68. The van der Waals surface area contributed by atoms with Crippen molar-refractivity contribution in [1.29, 1.82) is 0 Å². The number of benzene rings is 2. The average Bonchev–Trinajstić information content (AvgIpc) is 2.90. The van der Waals surface area contributed by atoms with E-state index in [1.165, 1.54) is 0 Å². The van der Waals surface area contributed by atoms with Gasteiger partial charge in [-0.05, 0) is 36.8 Å². The van der Waals surface area contributed by atoms with E-state index in [9.17, 15) is 9.59 Å². The van der Waals surface area contributed by atoms with E-state index in [-0.39, 0.29) is 12.5 Å². The lowest BCUT2D eigenvalue weighted by atomic mass is 10.0. The monoisotopic (exact) mass is 323 g/mol. The number of fused-ring (bicyclic) bond motifs is 1. The van der Waals surface area contributed by atoms with Crippen LogP contribution in [0.15, 0.2) is 48.5 Å². The summed E-state index contributed by atoms with van der Waals surface area (Å²) in [5.41, 5.74) is 3.22. The molecule has 0 saturated heterocycles. The molecular weight excluding hydrogens is 306 g/mol. The Hall–Kier alpha value is -3.08. The van der Waals surface area contributed by atoms with Crippen LogP contribution in [0.25, 0.3) is 11.6 Å². The summed E-state index contributed by atoms with van der Waals surface area (Å²) in [6.07, 6.45) is 1.83. The van der Waals surface area contributed by atoms with Crippen molar-refractivity contribution < 1.29 is 19.1 Å². The van der Waals surface area contributed by atoms with Crippen molar-refractivity contribution in [2.75, 3.05) is 18.5 Å². The molecule has 5 heteroatoms. The highest BCUT2D eigenvalue weighted by Crippen LogP contribution is 2.32. The summed E-state index contributed by atoms with van der Waals surface area (Å²) in [7, 11) is 0. The Morgan fingerprint density at radius 3 is 2.62 bits per heavy atom. The second-order valence-corrected chi connectivity index (χ2v) is 5.22. The molecule has 1 aliphatic rings. The van der Waals surface area contributed by atoms with Gasteiger partial charge >= 0.3 is 5.97 Å². The van der Waals surface area contributed by atoms with E-state index in [4.69, 9.17) is 9.47 Å². The molecule has 0 aromatic heterocycles. The molecule has 1 heterocycles. The van der Waals surface area contributed by atoms with Gasteiger partial charge in [0.15, 0.2) is 6.61 Å². The maximum atomic E-state index is 12.1. The van der Waals surface area contributed by atoms with Crippen LogP contribution in [0.1, 0.15) is 18.1 Å². The van der Waals surface area contributed by atoms with Gasteiger partial charge in [-0.3, -0.25) is 4.79 Å². The fourth-order valence-electron chi connectivity index (χ4n) is 2.45. The Morgan fingerprint density at radius 1 is 1.12 bits per heavy atom. The number of rotatable bonds is 5. The van der Waals surface area contributed by atoms with E-state index in [1.807, 2.05) is 42.5 Å². The smallest absolute Gasteiger partial charge is 0.344 e. The van der Waals surface area contributed by atoms with E-state index >= 15 is 0 Å². The summed E-state index contributed by atoms with van der Waals surface area (Å²) < 4.78 is 10.2. The van der Waals surface area contributed by atoms with Gasteiger partial charge in [-0.1, -0.05) is 30.3 Å². The van der Waals surface area contributed by atoms with Gasteiger partial charge in [-0.15, -0.1) is 0 Å². The molecule has 1 N–H and O–H groups in total. The van der Waals surface area contributed by atoms with E-state index in [2.05, 4.69) is 5.32 Å². The van der Waals surface area contributed by atoms with E-state index < -0.39 is 5.97 Å². The second kappa shape index (κ2) is 7.00. The van der Waals surface area contributed by atoms with Crippen LogP contribution in [0.2, 0.25) is 0 Å². The molecule has 1 aliphatic heterocycles. The predicted molar refractivity (Wildman–Crippen MR) is 91.5 cm³/mol. The summed E-state index contributed by atoms with van der Waals surface area (Å²) >= 11 is 0. The van der Waals surface area contributed by atoms with Crippen LogP contribution in [0, 0.1) is 0 Å². The first kappa shape index (κ1) is 15.8. The van der Waals surface area contributed by atoms with Crippen molar-refractivity contribution in [3.63, 3.8) is 0 Å². The number of nitrogens with one attached hydrogen (secondary N) is 1. The standard InChI is InChI=1S/C19H17NO4/c1-2-23-18(21)12-24-14-9-7-13(8-10-14)11-16-15-5-3-4-6-17(15)20-19(16)22/h3-11H,2,12H2,1H3,(H,20,22)/b16-11-.